The standard InChI is InChI=1S/C13H16N4O/c1-9(10-6-4-3-5-7-10)15-13(18)11-8-12(14)16-17(11)2/h3-9H,1-2H3,(H2,14,16)(H,15,18)/t9-/m1/s1. The largest absolute Gasteiger partial charge is 0.382 e. The summed E-state index contributed by atoms with van der Waals surface area (Å²) in [5, 5.41) is 6.86. The Morgan fingerprint density at radius 1 is 1.39 bits per heavy atom. The Morgan fingerprint density at radius 3 is 2.61 bits per heavy atom. The van der Waals surface area contributed by atoms with E-state index in [4.69, 9.17) is 5.73 Å². The zero-order valence-corrected chi connectivity index (χ0v) is 10.4. The Balaban J connectivity index is 2.10. The molecule has 1 aromatic heterocycles. The average molecular weight is 244 g/mol. The Kier molecular flexibility index (Phi) is 3.32. The first-order chi connectivity index (χ1) is 8.58. The van der Waals surface area contributed by atoms with Gasteiger partial charge in [0, 0.05) is 13.1 Å². The van der Waals surface area contributed by atoms with Crippen LogP contribution in [0.2, 0.25) is 0 Å². The highest BCUT2D eigenvalue weighted by Gasteiger charge is 2.15. The number of hydrogen-bond acceptors (Lipinski definition) is 3. The van der Waals surface area contributed by atoms with Gasteiger partial charge in [-0.25, -0.2) is 0 Å². The zero-order valence-electron chi connectivity index (χ0n) is 10.4. The van der Waals surface area contributed by atoms with Crippen molar-refractivity contribution in [1.29, 1.82) is 0 Å². The highest BCUT2D eigenvalue weighted by atomic mass is 16.2. The normalized spacial score (nSPS) is 12.1. The molecule has 3 N–H and O–H groups in total. The molecule has 94 valence electrons. The van der Waals surface area contributed by atoms with Crippen LogP contribution in [0.5, 0.6) is 0 Å². The molecule has 0 saturated carbocycles. The SMILES string of the molecule is C[C@@H](NC(=O)c1cc(N)nn1C)c1ccccc1. The van der Waals surface area contributed by atoms with Crippen LogP contribution in [0.4, 0.5) is 5.82 Å². The van der Waals surface area contributed by atoms with E-state index in [1.54, 1.807) is 13.1 Å². The molecule has 0 saturated heterocycles. The van der Waals surface area contributed by atoms with Crippen molar-refractivity contribution in [2.45, 2.75) is 13.0 Å². The molecular formula is C13H16N4O. The van der Waals surface area contributed by atoms with Crippen LogP contribution >= 0.6 is 0 Å². The second-order valence-corrected chi connectivity index (χ2v) is 4.18. The number of anilines is 1. The number of aryl methyl sites for hydroxylation is 1. The number of rotatable bonds is 3. The molecule has 5 nitrogen and oxygen atoms in total. The molecule has 1 amide bonds. The summed E-state index contributed by atoms with van der Waals surface area (Å²) in [4.78, 5) is 12.0. The predicted molar refractivity (Wildman–Crippen MR) is 69.9 cm³/mol. The summed E-state index contributed by atoms with van der Waals surface area (Å²) < 4.78 is 1.47. The van der Waals surface area contributed by atoms with Crippen LogP contribution in [0.25, 0.3) is 0 Å². The fourth-order valence-corrected chi connectivity index (χ4v) is 1.80. The highest BCUT2D eigenvalue weighted by Crippen LogP contribution is 2.12. The number of nitrogens with two attached hydrogens (primary N) is 1. The molecule has 0 unspecified atom stereocenters. The lowest BCUT2D eigenvalue weighted by atomic mass is 10.1. The van der Waals surface area contributed by atoms with Crippen molar-refractivity contribution >= 4 is 11.7 Å². The lowest BCUT2D eigenvalue weighted by molar-refractivity contribution is 0.0930. The number of hydrogen-bond donors (Lipinski definition) is 2. The summed E-state index contributed by atoms with van der Waals surface area (Å²) in [6.07, 6.45) is 0. The molecule has 0 bridgehead atoms. The van der Waals surface area contributed by atoms with E-state index in [0.717, 1.165) is 5.56 Å². The lowest BCUT2D eigenvalue weighted by Crippen LogP contribution is -2.28. The quantitative estimate of drug-likeness (QED) is 0.859. The van der Waals surface area contributed by atoms with E-state index >= 15 is 0 Å². The van der Waals surface area contributed by atoms with E-state index in [2.05, 4.69) is 10.4 Å². The van der Waals surface area contributed by atoms with Gasteiger partial charge in [-0.3, -0.25) is 9.48 Å². The van der Waals surface area contributed by atoms with Gasteiger partial charge in [-0.05, 0) is 12.5 Å². The molecule has 2 aromatic rings. The monoisotopic (exact) mass is 244 g/mol. The predicted octanol–water partition coefficient (Wildman–Crippen LogP) is 1.49. The van der Waals surface area contributed by atoms with Crippen LogP contribution in [0.3, 0.4) is 0 Å². The third-order valence-corrected chi connectivity index (χ3v) is 2.78. The molecule has 0 spiro atoms. The van der Waals surface area contributed by atoms with Gasteiger partial charge < -0.3 is 11.1 Å². The van der Waals surface area contributed by atoms with E-state index in [9.17, 15) is 4.79 Å². The summed E-state index contributed by atoms with van der Waals surface area (Å²) in [5.74, 6) is 0.160. The number of nitrogens with one attached hydrogen (secondary N) is 1. The van der Waals surface area contributed by atoms with Gasteiger partial charge in [-0.15, -0.1) is 0 Å². The van der Waals surface area contributed by atoms with Gasteiger partial charge in [0.05, 0.1) is 6.04 Å². The van der Waals surface area contributed by atoms with Gasteiger partial charge in [-0.1, -0.05) is 30.3 Å². The summed E-state index contributed by atoms with van der Waals surface area (Å²) in [5.41, 5.74) is 7.06. The minimum atomic E-state index is -0.182. The number of carbonyl (C=O) groups excluding carboxylic acids is 1. The number of nitrogens with zero attached hydrogens (tertiary/aromatic N) is 2. The van der Waals surface area contributed by atoms with Crippen LogP contribution < -0.4 is 11.1 Å². The Morgan fingerprint density at radius 2 is 2.06 bits per heavy atom. The van der Waals surface area contributed by atoms with Crippen LogP contribution in [-0.2, 0) is 7.05 Å². The van der Waals surface area contributed by atoms with E-state index in [1.807, 2.05) is 37.3 Å². The Labute approximate surface area is 106 Å². The number of aromatic nitrogens is 2. The fraction of sp³-hybridized carbons (Fsp3) is 0.231. The molecule has 0 aliphatic rings. The number of nitrogen functional groups attached to an aromatic ring is 1. The van der Waals surface area contributed by atoms with Crippen molar-refractivity contribution in [2.75, 3.05) is 5.73 Å². The second-order valence-electron chi connectivity index (χ2n) is 4.18. The number of carbonyl (C=O) groups is 1. The highest BCUT2D eigenvalue weighted by molar-refractivity contribution is 5.93. The average Bonchev–Trinajstić information content (AvgIpc) is 2.69. The minimum Gasteiger partial charge on any atom is -0.382 e. The van der Waals surface area contributed by atoms with Crippen LogP contribution in [0, 0.1) is 0 Å². The maximum absolute atomic E-state index is 12.0. The third kappa shape index (κ3) is 2.51. The van der Waals surface area contributed by atoms with Crippen molar-refractivity contribution in [3.8, 4) is 0 Å². The molecule has 5 heteroatoms. The maximum Gasteiger partial charge on any atom is 0.270 e. The zero-order chi connectivity index (χ0) is 13.1. The van der Waals surface area contributed by atoms with Gasteiger partial charge in [0.25, 0.3) is 5.91 Å². The van der Waals surface area contributed by atoms with Gasteiger partial charge >= 0.3 is 0 Å². The molecule has 0 aliphatic heterocycles. The van der Waals surface area contributed by atoms with Crippen LogP contribution in [0.1, 0.15) is 29.0 Å². The van der Waals surface area contributed by atoms with Gasteiger partial charge in [-0.2, -0.15) is 5.10 Å². The second kappa shape index (κ2) is 4.91. The van der Waals surface area contributed by atoms with E-state index in [0.29, 0.717) is 11.5 Å². The molecule has 18 heavy (non-hydrogen) atoms. The van der Waals surface area contributed by atoms with E-state index in [1.165, 1.54) is 4.68 Å². The minimum absolute atomic E-state index is 0.0603. The molecular weight excluding hydrogens is 228 g/mol. The molecule has 1 atom stereocenters. The first-order valence-corrected chi connectivity index (χ1v) is 5.73. The first kappa shape index (κ1) is 12.2. The fourth-order valence-electron chi connectivity index (χ4n) is 1.80. The summed E-state index contributed by atoms with van der Waals surface area (Å²) >= 11 is 0. The molecule has 1 aromatic carbocycles. The number of amides is 1. The van der Waals surface area contributed by atoms with E-state index in [-0.39, 0.29) is 11.9 Å². The first-order valence-electron chi connectivity index (χ1n) is 5.73. The Hall–Kier alpha value is -2.30. The van der Waals surface area contributed by atoms with Gasteiger partial charge in [0.15, 0.2) is 0 Å². The molecule has 2 rings (SSSR count). The van der Waals surface area contributed by atoms with Crippen molar-refractivity contribution in [2.24, 2.45) is 7.05 Å². The van der Waals surface area contributed by atoms with Crippen molar-refractivity contribution < 1.29 is 4.79 Å². The van der Waals surface area contributed by atoms with Crippen LogP contribution in [0.15, 0.2) is 36.4 Å². The van der Waals surface area contributed by atoms with Crippen molar-refractivity contribution in [3.63, 3.8) is 0 Å². The summed E-state index contributed by atoms with van der Waals surface area (Å²) in [7, 11) is 1.69. The maximum atomic E-state index is 12.0. The lowest BCUT2D eigenvalue weighted by Gasteiger charge is -2.14. The molecule has 1 heterocycles. The third-order valence-electron chi connectivity index (χ3n) is 2.78. The summed E-state index contributed by atoms with van der Waals surface area (Å²) in [6, 6.07) is 11.3. The smallest absolute Gasteiger partial charge is 0.270 e. The van der Waals surface area contributed by atoms with Gasteiger partial charge in [0.1, 0.15) is 11.5 Å². The van der Waals surface area contributed by atoms with Crippen LogP contribution in [-0.4, -0.2) is 15.7 Å². The summed E-state index contributed by atoms with van der Waals surface area (Å²) in [6.45, 7) is 1.94. The number of benzene rings is 1. The molecule has 0 radical (unpaired) electrons. The van der Waals surface area contributed by atoms with Crippen molar-refractivity contribution in [3.05, 3.63) is 47.7 Å². The Bertz CT molecular complexity index is 547. The van der Waals surface area contributed by atoms with Gasteiger partial charge in [0.2, 0.25) is 0 Å². The molecule has 0 fully saturated rings. The van der Waals surface area contributed by atoms with E-state index < -0.39 is 0 Å². The molecule has 0 aliphatic carbocycles. The van der Waals surface area contributed by atoms with Crippen molar-refractivity contribution in [1.82, 2.24) is 15.1 Å². The topological polar surface area (TPSA) is 72.9 Å².